The van der Waals surface area contributed by atoms with Gasteiger partial charge in [-0.25, -0.2) is 0 Å². The molecule has 0 spiro atoms. The monoisotopic (exact) mass is 576 g/mol. The molecule has 0 amide bonds. The van der Waals surface area contributed by atoms with Gasteiger partial charge in [-0.05, 0) is 124 Å². The van der Waals surface area contributed by atoms with Crippen LogP contribution in [0.2, 0.25) is 0 Å². The predicted octanol–water partition coefficient (Wildman–Crippen LogP) is 12.9. The molecule has 0 aliphatic heterocycles. The van der Waals surface area contributed by atoms with Crippen LogP contribution in [0.5, 0.6) is 0 Å². The fraction of sp³-hybridized carbons (Fsp3) is 0.156. The summed E-state index contributed by atoms with van der Waals surface area (Å²) in [5.74, 6) is 0.562. The van der Waals surface area contributed by atoms with Crippen LogP contribution in [0, 0.1) is 0 Å². The van der Waals surface area contributed by atoms with Crippen molar-refractivity contribution in [3.8, 4) is 33.4 Å². The molecule has 1 atom stereocenters. The minimum absolute atomic E-state index is 0.0337. The van der Waals surface area contributed by atoms with Gasteiger partial charge in [0.25, 0.3) is 0 Å². The van der Waals surface area contributed by atoms with Gasteiger partial charge in [0.05, 0.1) is 0 Å². The molecule has 0 saturated carbocycles. The van der Waals surface area contributed by atoms with Gasteiger partial charge in [-0.1, -0.05) is 137 Å². The number of rotatable bonds is 4. The Labute approximate surface area is 265 Å². The van der Waals surface area contributed by atoms with Crippen molar-refractivity contribution in [3.63, 3.8) is 0 Å². The van der Waals surface area contributed by atoms with Crippen molar-refractivity contribution in [1.29, 1.82) is 0 Å². The normalized spacial score (nSPS) is 14.4. The highest BCUT2D eigenvalue weighted by molar-refractivity contribution is 6.25. The molecule has 0 aromatic heterocycles. The minimum Gasteiger partial charge on any atom is -0.0648 e. The maximum Gasteiger partial charge on any atom is 0.0158 e. The zero-order valence-electron chi connectivity index (χ0n) is 26.4. The van der Waals surface area contributed by atoms with E-state index in [0.29, 0.717) is 5.92 Å². The molecular weight excluding hydrogens is 540 g/mol. The molecule has 1 unspecified atom stereocenters. The van der Waals surface area contributed by atoms with Crippen molar-refractivity contribution in [2.24, 2.45) is 0 Å². The highest BCUT2D eigenvalue weighted by Gasteiger charge is 2.35. The van der Waals surface area contributed by atoms with Gasteiger partial charge in [0.15, 0.2) is 0 Å². The average molecular weight is 577 g/mol. The number of hydrogen-bond donors (Lipinski definition) is 0. The molecule has 0 nitrogen and oxygen atoms in total. The van der Waals surface area contributed by atoms with Crippen LogP contribution in [-0.2, 0) is 5.41 Å². The van der Waals surface area contributed by atoms with E-state index in [0.717, 1.165) is 6.42 Å². The molecule has 0 N–H and O–H groups in total. The van der Waals surface area contributed by atoms with Gasteiger partial charge in [-0.3, -0.25) is 0 Å². The van der Waals surface area contributed by atoms with Gasteiger partial charge < -0.3 is 0 Å². The zero-order chi connectivity index (χ0) is 30.4. The molecule has 0 saturated heterocycles. The molecule has 0 heteroatoms. The van der Waals surface area contributed by atoms with E-state index in [2.05, 4.69) is 155 Å². The van der Waals surface area contributed by atoms with Crippen LogP contribution >= 0.6 is 0 Å². The molecule has 1 aliphatic rings. The van der Waals surface area contributed by atoms with Crippen molar-refractivity contribution >= 4 is 43.1 Å². The lowest BCUT2D eigenvalue weighted by atomic mass is 9.82. The van der Waals surface area contributed by atoms with Crippen LogP contribution in [0.15, 0.2) is 127 Å². The smallest absolute Gasteiger partial charge is 0.0158 e. The second-order valence-electron chi connectivity index (χ2n) is 13.7. The zero-order valence-corrected chi connectivity index (χ0v) is 26.4. The SMILES string of the molecule is CCC(C)c1cc2ccc3ccc(-c4ccc5cc(-c6ccc7c(c6)-c6ccccc6C7(C)C)ccc5c4)c4ccc(c1)c2c34. The molecule has 8 aromatic carbocycles. The Kier molecular flexibility index (Phi) is 5.60. The van der Waals surface area contributed by atoms with Crippen LogP contribution in [-0.4, -0.2) is 0 Å². The van der Waals surface area contributed by atoms with E-state index in [1.807, 2.05) is 0 Å². The van der Waals surface area contributed by atoms with Crippen LogP contribution in [0.1, 0.15) is 56.7 Å². The first kappa shape index (κ1) is 26.5. The second-order valence-corrected chi connectivity index (χ2v) is 13.7. The van der Waals surface area contributed by atoms with Crippen molar-refractivity contribution in [2.75, 3.05) is 0 Å². The van der Waals surface area contributed by atoms with E-state index in [4.69, 9.17) is 0 Å². The molecule has 216 valence electrons. The Hall–Kier alpha value is -4.94. The molecular formula is C45H36. The van der Waals surface area contributed by atoms with E-state index in [-0.39, 0.29) is 5.41 Å². The van der Waals surface area contributed by atoms with E-state index >= 15 is 0 Å². The molecule has 0 fully saturated rings. The topological polar surface area (TPSA) is 0 Å². The van der Waals surface area contributed by atoms with E-state index in [1.54, 1.807) is 0 Å². The summed E-state index contributed by atoms with van der Waals surface area (Å²) in [5, 5.41) is 10.7. The molecule has 0 bridgehead atoms. The quantitative estimate of drug-likeness (QED) is 0.183. The van der Waals surface area contributed by atoms with Crippen molar-refractivity contribution in [1.82, 2.24) is 0 Å². The first-order valence-corrected chi connectivity index (χ1v) is 16.4. The van der Waals surface area contributed by atoms with E-state index in [1.165, 1.54) is 93.2 Å². The van der Waals surface area contributed by atoms with Crippen LogP contribution in [0.25, 0.3) is 76.5 Å². The number of hydrogen-bond acceptors (Lipinski definition) is 0. The van der Waals surface area contributed by atoms with Crippen LogP contribution in [0.4, 0.5) is 0 Å². The summed E-state index contributed by atoms with van der Waals surface area (Å²) in [4.78, 5) is 0. The molecule has 0 radical (unpaired) electrons. The summed E-state index contributed by atoms with van der Waals surface area (Å²) < 4.78 is 0. The van der Waals surface area contributed by atoms with Crippen molar-refractivity contribution in [3.05, 3.63) is 144 Å². The highest BCUT2D eigenvalue weighted by atomic mass is 14.4. The fourth-order valence-electron chi connectivity index (χ4n) is 8.11. The standard InChI is InChI=1S/C45H36/c1-5-27(2)36-24-34-15-10-28-16-19-37(39-20-17-35(25-36)43(34)44(28)39)33-14-13-29-22-30(11-12-31(29)23-33)32-18-21-42-40(26-32)38-8-6-7-9-41(38)45(42,3)4/h6-27H,5H2,1-4H3. The second kappa shape index (κ2) is 9.53. The minimum atomic E-state index is 0.0337. The largest absolute Gasteiger partial charge is 0.0648 e. The lowest BCUT2D eigenvalue weighted by Gasteiger charge is -2.21. The van der Waals surface area contributed by atoms with E-state index in [9.17, 15) is 0 Å². The molecule has 9 rings (SSSR count). The van der Waals surface area contributed by atoms with Crippen molar-refractivity contribution in [2.45, 2.75) is 45.4 Å². The maximum absolute atomic E-state index is 2.41. The molecule has 0 heterocycles. The summed E-state index contributed by atoms with van der Waals surface area (Å²) in [6.07, 6.45) is 1.15. The third-order valence-electron chi connectivity index (χ3n) is 10.9. The Balaban J connectivity index is 1.13. The summed E-state index contributed by atoms with van der Waals surface area (Å²) in [7, 11) is 0. The number of fused-ring (bicyclic) bond motifs is 4. The Morgan fingerprint density at radius 2 is 1.09 bits per heavy atom. The fourth-order valence-corrected chi connectivity index (χ4v) is 8.11. The molecule has 8 aromatic rings. The summed E-state index contributed by atoms with van der Waals surface area (Å²) in [6.45, 7) is 9.29. The Morgan fingerprint density at radius 3 is 1.89 bits per heavy atom. The van der Waals surface area contributed by atoms with Crippen LogP contribution < -0.4 is 0 Å². The first-order valence-electron chi connectivity index (χ1n) is 16.4. The highest BCUT2D eigenvalue weighted by Crippen LogP contribution is 2.49. The lowest BCUT2D eigenvalue weighted by molar-refractivity contribution is 0.660. The summed E-state index contributed by atoms with van der Waals surface area (Å²) in [5.41, 5.74) is 12.2. The summed E-state index contributed by atoms with van der Waals surface area (Å²) in [6, 6.07) is 48.6. The molecule has 1 aliphatic carbocycles. The first-order chi connectivity index (χ1) is 21.9. The van der Waals surface area contributed by atoms with Gasteiger partial charge in [-0.2, -0.15) is 0 Å². The Bertz CT molecular complexity index is 2440. The maximum atomic E-state index is 2.41. The van der Waals surface area contributed by atoms with Crippen molar-refractivity contribution < 1.29 is 0 Å². The lowest BCUT2D eigenvalue weighted by Crippen LogP contribution is -2.14. The Morgan fingerprint density at radius 1 is 0.489 bits per heavy atom. The van der Waals surface area contributed by atoms with Crippen LogP contribution in [0.3, 0.4) is 0 Å². The summed E-state index contributed by atoms with van der Waals surface area (Å²) >= 11 is 0. The van der Waals surface area contributed by atoms with Gasteiger partial charge >= 0.3 is 0 Å². The average Bonchev–Trinajstić information content (AvgIpc) is 3.31. The molecule has 45 heavy (non-hydrogen) atoms. The van der Waals surface area contributed by atoms with Gasteiger partial charge in [0, 0.05) is 5.41 Å². The van der Waals surface area contributed by atoms with Gasteiger partial charge in [-0.15, -0.1) is 0 Å². The van der Waals surface area contributed by atoms with Gasteiger partial charge in [0.2, 0.25) is 0 Å². The van der Waals surface area contributed by atoms with Gasteiger partial charge in [0.1, 0.15) is 0 Å². The predicted molar refractivity (Wildman–Crippen MR) is 195 cm³/mol. The van der Waals surface area contributed by atoms with E-state index < -0.39 is 0 Å². The third-order valence-corrected chi connectivity index (χ3v) is 10.9. The third kappa shape index (κ3) is 3.85. The number of benzene rings is 8.